The van der Waals surface area contributed by atoms with E-state index in [0.29, 0.717) is 11.2 Å². The van der Waals surface area contributed by atoms with Crippen LogP contribution in [0, 0.1) is 5.92 Å². The van der Waals surface area contributed by atoms with E-state index in [2.05, 4.69) is 26.1 Å². The first kappa shape index (κ1) is 16.8. The molecule has 0 spiro atoms. The van der Waals surface area contributed by atoms with Crippen LogP contribution in [0.3, 0.4) is 0 Å². The lowest BCUT2D eigenvalue weighted by atomic mass is 9.99. The summed E-state index contributed by atoms with van der Waals surface area (Å²) < 4.78 is 4.86. The van der Waals surface area contributed by atoms with E-state index in [0.717, 1.165) is 18.7 Å². The molecule has 0 heterocycles. The average molecular weight is 261 g/mol. The molecular formula is C13H27NO2S. The zero-order valence-corrected chi connectivity index (χ0v) is 12.8. The van der Waals surface area contributed by atoms with Gasteiger partial charge in [-0.2, -0.15) is 11.8 Å². The van der Waals surface area contributed by atoms with Crippen molar-refractivity contribution in [2.45, 2.75) is 51.8 Å². The van der Waals surface area contributed by atoms with E-state index in [1.54, 1.807) is 0 Å². The third kappa shape index (κ3) is 5.77. The van der Waals surface area contributed by atoms with E-state index in [-0.39, 0.29) is 5.97 Å². The number of ether oxygens (including phenoxy) is 1. The summed E-state index contributed by atoms with van der Waals surface area (Å²) in [6.07, 6.45) is 0.801. The number of hydrogen-bond acceptors (Lipinski definition) is 4. The molecule has 0 aliphatic heterocycles. The maximum atomic E-state index is 11.7. The Kier molecular flexibility index (Phi) is 7.88. The number of carbonyl (C=O) groups excluding carboxylic acids is 1. The molecule has 0 radical (unpaired) electrons. The van der Waals surface area contributed by atoms with Crippen molar-refractivity contribution in [1.29, 1.82) is 0 Å². The number of likely N-dealkylation sites (N-methyl/N-ethyl adjacent to an activating group) is 1. The first-order chi connectivity index (χ1) is 7.87. The lowest BCUT2D eigenvalue weighted by molar-refractivity contribution is -0.147. The minimum absolute atomic E-state index is 0.169. The smallest absolute Gasteiger partial charge is 0.325 e. The van der Waals surface area contributed by atoms with Gasteiger partial charge in [-0.1, -0.05) is 27.7 Å². The summed E-state index contributed by atoms with van der Waals surface area (Å²) in [6.45, 7) is 11.4. The van der Waals surface area contributed by atoms with Crippen LogP contribution in [0.5, 0.6) is 0 Å². The molecule has 0 saturated heterocycles. The van der Waals surface area contributed by atoms with Crippen LogP contribution in [-0.2, 0) is 9.53 Å². The summed E-state index contributed by atoms with van der Waals surface area (Å²) in [6, 6.07) is 0. The van der Waals surface area contributed by atoms with Crippen molar-refractivity contribution < 1.29 is 9.53 Å². The first-order valence-corrected chi connectivity index (χ1v) is 7.37. The van der Waals surface area contributed by atoms with Crippen LogP contribution in [0.2, 0.25) is 0 Å². The van der Waals surface area contributed by atoms with Crippen LogP contribution in [0.25, 0.3) is 0 Å². The molecule has 0 bridgehead atoms. The van der Waals surface area contributed by atoms with E-state index in [1.807, 2.05) is 25.6 Å². The summed E-state index contributed by atoms with van der Waals surface area (Å²) in [7, 11) is 1.45. The van der Waals surface area contributed by atoms with Crippen molar-refractivity contribution >= 4 is 17.7 Å². The Morgan fingerprint density at radius 1 is 1.41 bits per heavy atom. The highest BCUT2D eigenvalue weighted by molar-refractivity contribution is 7.99. The van der Waals surface area contributed by atoms with Gasteiger partial charge >= 0.3 is 5.97 Å². The number of nitrogens with one attached hydrogen (secondary N) is 1. The van der Waals surface area contributed by atoms with E-state index < -0.39 is 5.54 Å². The average Bonchev–Trinajstić information content (AvgIpc) is 2.27. The second kappa shape index (κ2) is 7.98. The van der Waals surface area contributed by atoms with Crippen molar-refractivity contribution in [2.24, 2.45) is 5.92 Å². The molecule has 0 aromatic rings. The SMILES string of the molecule is CCNC(C)(CCSC(C)C(C)C)C(=O)OC. The van der Waals surface area contributed by atoms with Crippen LogP contribution in [0.15, 0.2) is 0 Å². The Balaban J connectivity index is 4.23. The summed E-state index contributed by atoms with van der Waals surface area (Å²) in [5.74, 6) is 1.47. The fourth-order valence-corrected chi connectivity index (χ4v) is 2.80. The molecule has 4 heteroatoms. The number of methoxy groups -OCH3 is 1. The molecular weight excluding hydrogens is 234 g/mol. The van der Waals surface area contributed by atoms with Crippen molar-refractivity contribution in [3.8, 4) is 0 Å². The normalized spacial score (nSPS) is 16.6. The molecule has 0 rings (SSSR count). The molecule has 2 unspecified atom stereocenters. The van der Waals surface area contributed by atoms with E-state index in [1.165, 1.54) is 7.11 Å². The number of thioether (sulfide) groups is 1. The molecule has 17 heavy (non-hydrogen) atoms. The lowest BCUT2D eigenvalue weighted by Gasteiger charge is -2.28. The first-order valence-electron chi connectivity index (χ1n) is 6.32. The van der Waals surface area contributed by atoms with Gasteiger partial charge in [0.2, 0.25) is 0 Å². The Bertz CT molecular complexity index is 233. The Morgan fingerprint density at radius 2 is 2.00 bits per heavy atom. The van der Waals surface area contributed by atoms with E-state index in [9.17, 15) is 4.79 Å². The second-order valence-electron chi connectivity index (χ2n) is 4.92. The minimum atomic E-state index is -0.548. The Hall–Kier alpha value is -0.220. The third-order valence-corrected chi connectivity index (χ3v) is 4.63. The molecule has 0 aliphatic carbocycles. The summed E-state index contributed by atoms with van der Waals surface area (Å²) in [4.78, 5) is 11.7. The van der Waals surface area contributed by atoms with Gasteiger partial charge in [0.25, 0.3) is 0 Å². The molecule has 102 valence electrons. The maximum Gasteiger partial charge on any atom is 0.325 e. The van der Waals surface area contributed by atoms with E-state index >= 15 is 0 Å². The number of carbonyl (C=O) groups is 1. The number of rotatable bonds is 8. The van der Waals surface area contributed by atoms with Crippen LogP contribution in [-0.4, -0.2) is 36.2 Å². The second-order valence-corrected chi connectivity index (χ2v) is 6.41. The van der Waals surface area contributed by atoms with Gasteiger partial charge in [-0.05, 0) is 31.6 Å². The quantitative estimate of drug-likeness (QED) is 0.682. The van der Waals surface area contributed by atoms with Gasteiger partial charge in [0.15, 0.2) is 0 Å². The lowest BCUT2D eigenvalue weighted by Crippen LogP contribution is -2.50. The molecule has 0 aliphatic rings. The van der Waals surface area contributed by atoms with Crippen molar-refractivity contribution in [2.75, 3.05) is 19.4 Å². The van der Waals surface area contributed by atoms with Gasteiger partial charge in [0, 0.05) is 5.25 Å². The van der Waals surface area contributed by atoms with Gasteiger partial charge < -0.3 is 10.1 Å². The zero-order valence-electron chi connectivity index (χ0n) is 12.0. The van der Waals surface area contributed by atoms with Gasteiger partial charge in [0.1, 0.15) is 5.54 Å². The summed E-state index contributed by atoms with van der Waals surface area (Å²) in [5.41, 5.74) is -0.548. The topological polar surface area (TPSA) is 38.3 Å². The molecule has 2 atom stereocenters. The van der Waals surface area contributed by atoms with Crippen LogP contribution in [0.4, 0.5) is 0 Å². The van der Waals surface area contributed by atoms with Crippen molar-refractivity contribution in [3.05, 3.63) is 0 Å². The predicted molar refractivity (Wildman–Crippen MR) is 75.5 cm³/mol. The van der Waals surface area contributed by atoms with Gasteiger partial charge in [-0.15, -0.1) is 0 Å². The predicted octanol–water partition coefficient (Wildman–Crippen LogP) is 2.70. The molecule has 0 aromatic heterocycles. The largest absolute Gasteiger partial charge is 0.468 e. The molecule has 0 amide bonds. The highest BCUT2D eigenvalue weighted by Gasteiger charge is 2.32. The zero-order chi connectivity index (χ0) is 13.5. The van der Waals surface area contributed by atoms with E-state index in [4.69, 9.17) is 4.74 Å². The van der Waals surface area contributed by atoms with Crippen LogP contribution < -0.4 is 5.32 Å². The summed E-state index contributed by atoms with van der Waals surface area (Å²) in [5, 5.41) is 3.85. The van der Waals surface area contributed by atoms with Gasteiger partial charge in [-0.25, -0.2) is 0 Å². The number of hydrogen-bond donors (Lipinski definition) is 1. The third-order valence-electron chi connectivity index (χ3n) is 3.12. The molecule has 0 aromatic carbocycles. The van der Waals surface area contributed by atoms with Gasteiger partial charge in [0.05, 0.1) is 7.11 Å². The Labute approximate surface area is 110 Å². The molecule has 3 nitrogen and oxygen atoms in total. The number of esters is 1. The van der Waals surface area contributed by atoms with Crippen molar-refractivity contribution in [3.63, 3.8) is 0 Å². The Morgan fingerprint density at radius 3 is 2.41 bits per heavy atom. The minimum Gasteiger partial charge on any atom is -0.468 e. The molecule has 1 N–H and O–H groups in total. The van der Waals surface area contributed by atoms with Crippen LogP contribution >= 0.6 is 11.8 Å². The fraction of sp³-hybridized carbons (Fsp3) is 0.923. The van der Waals surface area contributed by atoms with Gasteiger partial charge in [-0.3, -0.25) is 4.79 Å². The molecule has 0 fully saturated rings. The highest BCUT2D eigenvalue weighted by atomic mass is 32.2. The van der Waals surface area contributed by atoms with Crippen molar-refractivity contribution in [1.82, 2.24) is 5.32 Å². The van der Waals surface area contributed by atoms with Crippen LogP contribution in [0.1, 0.15) is 41.0 Å². The maximum absolute atomic E-state index is 11.7. The summed E-state index contributed by atoms with van der Waals surface area (Å²) >= 11 is 1.92. The fourth-order valence-electron chi connectivity index (χ4n) is 1.52. The monoisotopic (exact) mass is 261 g/mol. The highest BCUT2D eigenvalue weighted by Crippen LogP contribution is 2.23. The standard InChI is InChI=1S/C13H27NO2S/c1-7-14-13(5,12(15)16-6)8-9-17-11(4)10(2)3/h10-11,14H,7-9H2,1-6H3. The molecule has 0 saturated carbocycles.